The van der Waals surface area contributed by atoms with E-state index in [-0.39, 0.29) is 23.9 Å². The van der Waals surface area contributed by atoms with Gasteiger partial charge in [0.15, 0.2) is 0 Å². The highest BCUT2D eigenvalue weighted by molar-refractivity contribution is 4.94. The van der Waals surface area contributed by atoms with E-state index in [0.29, 0.717) is 0 Å². The van der Waals surface area contributed by atoms with Gasteiger partial charge < -0.3 is 23.2 Å². The summed E-state index contributed by atoms with van der Waals surface area (Å²) >= 11 is 0. The summed E-state index contributed by atoms with van der Waals surface area (Å²) in [5.41, 5.74) is 3.98. The Balaban J connectivity index is 0.000000810. The van der Waals surface area contributed by atoms with Gasteiger partial charge >= 0.3 is 0 Å². The van der Waals surface area contributed by atoms with Crippen LogP contribution < -0.4 is 18.1 Å². The van der Waals surface area contributed by atoms with E-state index in [2.05, 4.69) is 12.7 Å². The van der Waals surface area contributed by atoms with Gasteiger partial charge in [-0.15, -0.1) is 0 Å². The van der Waals surface area contributed by atoms with E-state index in [4.69, 9.17) is 0 Å². The van der Waals surface area contributed by atoms with Crippen LogP contribution in [0, 0.1) is 5.41 Å². The fraction of sp³-hybridized carbons (Fsp3) is 1.00. The summed E-state index contributed by atoms with van der Waals surface area (Å²) in [6.07, 6.45) is 3.19. The van der Waals surface area contributed by atoms with Gasteiger partial charge in [0, 0.05) is 6.42 Å². The highest BCUT2D eigenvalue weighted by Crippen LogP contribution is 2.48. The maximum atomic E-state index is 9.41. The summed E-state index contributed by atoms with van der Waals surface area (Å²) in [6.45, 7) is 3.00. The zero-order valence-electron chi connectivity index (χ0n) is 6.44. The molecule has 0 heterocycles. The van der Waals surface area contributed by atoms with Crippen molar-refractivity contribution in [1.29, 1.82) is 0 Å². The molecule has 0 radical (unpaired) electrons. The van der Waals surface area contributed by atoms with E-state index in [1.165, 1.54) is 12.8 Å². The molecule has 0 bridgehead atoms. The average molecular weight is 166 g/mol. The molecule has 0 amide bonds. The van der Waals surface area contributed by atoms with E-state index in [9.17, 15) is 5.11 Å². The average Bonchev–Trinajstić information content (AvgIpc) is 2.50. The van der Waals surface area contributed by atoms with Crippen LogP contribution >= 0.6 is 0 Å². The van der Waals surface area contributed by atoms with Gasteiger partial charge in [0.25, 0.3) is 0 Å². The molecule has 1 unspecified atom stereocenters. The standard InChI is InChI=1S/C7H15NO.ClH/c1-7(3-4-7)6(9)2-5-8;/h6,9H,2-5,8H2,1H3;1H. The summed E-state index contributed by atoms with van der Waals surface area (Å²) in [6, 6.07) is 0. The Morgan fingerprint density at radius 2 is 2.10 bits per heavy atom. The number of halogens is 1. The number of hydrogen-bond acceptors (Lipinski definition) is 1. The zero-order chi connectivity index (χ0) is 6.91. The lowest BCUT2D eigenvalue weighted by molar-refractivity contribution is -0.371. The van der Waals surface area contributed by atoms with Gasteiger partial charge in [-0.1, -0.05) is 6.92 Å². The molecule has 0 aromatic rings. The maximum absolute atomic E-state index is 9.41. The van der Waals surface area contributed by atoms with Crippen LogP contribution in [0.1, 0.15) is 26.2 Å². The minimum atomic E-state index is -0.0880. The van der Waals surface area contributed by atoms with Gasteiger partial charge in [-0.25, -0.2) is 0 Å². The quantitative estimate of drug-likeness (QED) is 0.455. The Kier molecular flexibility index (Phi) is 3.63. The Morgan fingerprint density at radius 3 is 2.40 bits per heavy atom. The number of hydrogen-bond donors (Lipinski definition) is 2. The Bertz CT molecular complexity index is 104. The van der Waals surface area contributed by atoms with Crippen LogP contribution in [0.2, 0.25) is 0 Å². The van der Waals surface area contributed by atoms with Crippen LogP contribution in [0.15, 0.2) is 0 Å². The van der Waals surface area contributed by atoms with E-state index in [0.717, 1.165) is 13.0 Å². The van der Waals surface area contributed by atoms with E-state index < -0.39 is 0 Å². The molecule has 3 heteroatoms. The molecular weight excluding hydrogens is 150 g/mol. The van der Waals surface area contributed by atoms with Crippen molar-refractivity contribution in [3.8, 4) is 0 Å². The normalized spacial score (nSPS) is 23.1. The van der Waals surface area contributed by atoms with Crippen LogP contribution in [0.5, 0.6) is 0 Å². The summed E-state index contributed by atoms with van der Waals surface area (Å²) < 4.78 is 0. The van der Waals surface area contributed by atoms with Gasteiger partial charge in [0.1, 0.15) is 0 Å². The van der Waals surface area contributed by atoms with Gasteiger partial charge in [-0.05, 0) is 18.3 Å². The minimum Gasteiger partial charge on any atom is -1.00 e. The Labute approximate surface area is 68.2 Å². The molecule has 62 valence electrons. The number of quaternary nitrogens is 1. The minimum absolute atomic E-state index is 0. The van der Waals surface area contributed by atoms with Gasteiger partial charge in [0.05, 0.1) is 12.6 Å². The first-order valence-corrected chi connectivity index (χ1v) is 3.66. The third-order valence-corrected chi connectivity index (χ3v) is 2.32. The maximum Gasteiger partial charge on any atom is 0.0765 e. The number of rotatable bonds is 3. The molecule has 0 spiro atoms. The molecule has 1 aliphatic rings. The molecule has 1 saturated carbocycles. The topological polar surface area (TPSA) is 47.9 Å². The number of aliphatic hydroxyl groups is 1. The summed E-state index contributed by atoms with van der Waals surface area (Å²) in [7, 11) is 0. The first-order chi connectivity index (χ1) is 4.19. The summed E-state index contributed by atoms with van der Waals surface area (Å²) in [4.78, 5) is 0. The van der Waals surface area contributed by atoms with Crippen LogP contribution in [0.4, 0.5) is 0 Å². The molecule has 1 fully saturated rings. The van der Waals surface area contributed by atoms with Crippen LogP contribution in [0.3, 0.4) is 0 Å². The van der Waals surface area contributed by atoms with Crippen LogP contribution in [-0.2, 0) is 0 Å². The second kappa shape index (κ2) is 3.56. The third-order valence-electron chi connectivity index (χ3n) is 2.32. The zero-order valence-corrected chi connectivity index (χ0v) is 7.19. The van der Waals surface area contributed by atoms with E-state index >= 15 is 0 Å². The van der Waals surface area contributed by atoms with Crippen LogP contribution in [0.25, 0.3) is 0 Å². The highest BCUT2D eigenvalue weighted by atomic mass is 35.5. The lowest BCUT2D eigenvalue weighted by Gasteiger charge is -2.14. The first-order valence-electron chi connectivity index (χ1n) is 3.66. The lowest BCUT2D eigenvalue weighted by Crippen LogP contribution is -3.00. The third kappa shape index (κ3) is 2.11. The molecule has 10 heavy (non-hydrogen) atoms. The molecule has 1 atom stereocenters. The molecule has 2 nitrogen and oxygen atoms in total. The fourth-order valence-corrected chi connectivity index (χ4v) is 1.07. The number of aliphatic hydroxyl groups excluding tert-OH is 1. The van der Waals surface area contributed by atoms with E-state index in [1.807, 2.05) is 0 Å². The largest absolute Gasteiger partial charge is 1.00 e. The Morgan fingerprint density at radius 1 is 1.60 bits per heavy atom. The second-order valence-corrected chi connectivity index (χ2v) is 3.31. The van der Waals surface area contributed by atoms with Crippen molar-refractivity contribution in [2.75, 3.05) is 6.54 Å². The second-order valence-electron chi connectivity index (χ2n) is 3.31. The highest BCUT2D eigenvalue weighted by Gasteiger charge is 2.43. The smallest absolute Gasteiger partial charge is 0.0765 e. The van der Waals surface area contributed by atoms with Crippen molar-refractivity contribution in [2.24, 2.45) is 5.41 Å². The molecule has 0 aliphatic heterocycles. The van der Waals surface area contributed by atoms with Crippen molar-refractivity contribution >= 4 is 0 Å². The predicted molar refractivity (Wildman–Crippen MR) is 35.7 cm³/mol. The van der Waals surface area contributed by atoms with E-state index in [1.54, 1.807) is 0 Å². The van der Waals surface area contributed by atoms with Crippen molar-refractivity contribution in [3.05, 3.63) is 0 Å². The molecule has 1 rings (SSSR count). The van der Waals surface area contributed by atoms with Crippen LogP contribution in [-0.4, -0.2) is 17.8 Å². The molecule has 0 saturated heterocycles. The Hall–Kier alpha value is 0.210. The molecular formula is C7H16ClNO. The summed E-state index contributed by atoms with van der Waals surface area (Å²) in [5, 5.41) is 9.41. The van der Waals surface area contributed by atoms with Gasteiger partial charge in [0.2, 0.25) is 0 Å². The monoisotopic (exact) mass is 165 g/mol. The molecule has 4 N–H and O–H groups in total. The SMILES string of the molecule is CC1(C(O)CC[NH3+])CC1.[Cl-]. The van der Waals surface area contributed by atoms with Crippen molar-refractivity contribution in [2.45, 2.75) is 32.3 Å². The predicted octanol–water partition coefficient (Wildman–Crippen LogP) is -3.22. The van der Waals surface area contributed by atoms with Crippen molar-refractivity contribution in [3.63, 3.8) is 0 Å². The first kappa shape index (κ1) is 10.2. The lowest BCUT2D eigenvalue weighted by atomic mass is 9.99. The van der Waals surface area contributed by atoms with Crippen molar-refractivity contribution in [1.82, 2.24) is 0 Å². The van der Waals surface area contributed by atoms with Gasteiger partial charge in [-0.2, -0.15) is 0 Å². The molecule has 1 aliphatic carbocycles. The molecule has 0 aromatic heterocycles. The summed E-state index contributed by atoms with van der Waals surface area (Å²) in [5.74, 6) is 0. The fourth-order valence-electron chi connectivity index (χ4n) is 1.07. The van der Waals surface area contributed by atoms with Crippen molar-refractivity contribution < 1.29 is 23.2 Å². The van der Waals surface area contributed by atoms with Gasteiger partial charge in [-0.3, -0.25) is 0 Å². The molecule has 0 aromatic carbocycles.